The van der Waals surface area contributed by atoms with Crippen molar-refractivity contribution >= 4 is 39.8 Å². The lowest BCUT2D eigenvalue weighted by molar-refractivity contribution is 0.589. The van der Waals surface area contributed by atoms with Gasteiger partial charge in [0.25, 0.3) is 0 Å². The summed E-state index contributed by atoms with van der Waals surface area (Å²) in [6.45, 7) is 3.86. The summed E-state index contributed by atoms with van der Waals surface area (Å²) in [6.07, 6.45) is 0. The zero-order valence-corrected chi connectivity index (χ0v) is 11.3. The van der Waals surface area contributed by atoms with Crippen LogP contribution >= 0.6 is 23.2 Å². The second-order valence-corrected chi connectivity index (χ2v) is 5.17. The number of halogens is 2. The molecule has 0 unspecified atom stereocenters. The Bertz CT molecular complexity index is 580. The van der Waals surface area contributed by atoms with E-state index in [1.807, 2.05) is 18.2 Å². The van der Waals surface area contributed by atoms with Crippen LogP contribution in [-0.2, 0) is 0 Å². The highest BCUT2D eigenvalue weighted by Gasteiger charge is 2.15. The SMILES string of the molecule is Clc1ccc2nc(Cl)c(N3CCNCC3)cc2c1. The first kappa shape index (κ1) is 12.0. The highest BCUT2D eigenvalue weighted by atomic mass is 35.5. The summed E-state index contributed by atoms with van der Waals surface area (Å²) in [7, 11) is 0. The van der Waals surface area contributed by atoms with Crippen LogP contribution in [0.5, 0.6) is 0 Å². The molecule has 1 aromatic heterocycles. The normalized spacial score (nSPS) is 16.2. The molecular formula is C13H13Cl2N3. The Balaban J connectivity index is 2.07. The summed E-state index contributed by atoms with van der Waals surface area (Å²) in [4.78, 5) is 6.69. The van der Waals surface area contributed by atoms with E-state index in [1.54, 1.807) is 0 Å². The molecule has 0 amide bonds. The summed E-state index contributed by atoms with van der Waals surface area (Å²) in [6, 6.07) is 7.72. The second kappa shape index (κ2) is 4.92. The van der Waals surface area contributed by atoms with Crippen molar-refractivity contribution in [1.82, 2.24) is 10.3 Å². The zero-order valence-electron chi connectivity index (χ0n) is 9.79. The minimum atomic E-state index is 0.562. The van der Waals surface area contributed by atoms with Crippen LogP contribution in [0.2, 0.25) is 10.2 Å². The van der Waals surface area contributed by atoms with Gasteiger partial charge in [-0.25, -0.2) is 4.98 Å². The minimum absolute atomic E-state index is 0.562. The van der Waals surface area contributed by atoms with Crippen LogP contribution in [0.1, 0.15) is 0 Å². The fourth-order valence-electron chi connectivity index (χ4n) is 2.24. The van der Waals surface area contributed by atoms with E-state index in [2.05, 4.69) is 21.3 Å². The van der Waals surface area contributed by atoms with E-state index in [9.17, 15) is 0 Å². The van der Waals surface area contributed by atoms with Gasteiger partial charge in [-0.05, 0) is 24.3 Å². The molecule has 1 fully saturated rings. The Labute approximate surface area is 116 Å². The predicted molar refractivity (Wildman–Crippen MR) is 76.8 cm³/mol. The molecule has 1 N–H and O–H groups in total. The quantitative estimate of drug-likeness (QED) is 0.815. The molecule has 18 heavy (non-hydrogen) atoms. The average molecular weight is 282 g/mol. The summed E-state index contributed by atoms with van der Waals surface area (Å²) in [5.41, 5.74) is 1.87. The van der Waals surface area contributed by atoms with E-state index in [-0.39, 0.29) is 0 Å². The Morgan fingerprint density at radius 1 is 1.11 bits per heavy atom. The van der Waals surface area contributed by atoms with Crippen molar-refractivity contribution in [2.75, 3.05) is 31.1 Å². The summed E-state index contributed by atoms with van der Waals surface area (Å²) < 4.78 is 0. The maximum Gasteiger partial charge on any atom is 0.153 e. The van der Waals surface area contributed by atoms with Crippen LogP contribution in [0, 0.1) is 0 Å². The molecule has 1 saturated heterocycles. The van der Waals surface area contributed by atoms with Crippen LogP contribution in [0.15, 0.2) is 24.3 Å². The molecule has 1 aliphatic rings. The molecule has 0 spiro atoms. The average Bonchev–Trinajstić information content (AvgIpc) is 2.39. The van der Waals surface area contributed by atoms with Crippen molar-refractivity contribution in [3.8, 4) is 0 Å². The maximum atomic E-state index is 6.27. The molecule has 2 aromatic rings. The smallest absolute Gasteiger partial charge is 0.153 e. The van der Waals surface area contributed by atoms with Gasteiger partial charge in [0.2, 0.25) is 0 Å². The number of nitrogens with one attached hydrogen (secondary N) is 1. The summed E-state index contributed by atoms with van der Waals surface area (Å²) in [5, 5.41) is 5.63. The highest BCUT2D eigenvalue weighted by Crippen LogP contribution is 2.29. The van der Waals surface area contributed by atoms with Gasteiger partial charge in [0.05, 0.1) is 11.2 Å². The van der Waals surface area contributed by atoms with E-state index in [1.165, 1.54) is 0 Å². The fraction of sp³-hybridized carbons (Fsp3) is 0.308. The number of hydrogen-bond acceptors (Lipinski definition) is 3. The van der Waals surface area contributed by atoms with E-state index in [0.717, 1.165) is 47.8 Å². The highest BCUT2D eigenvalue weighted by molar-refractivity contribution is 6.33. The molecule has 0 aliphatic carbocycles. The van der Waals surface area contributed by atoms with Crippen molar-refractivity contribution < 1.29 is 0 Å². The summed E-state index contributed by atoms with van der Waals surface area (Å²) in [5.74, 6) is 0. The van der Waals surface area contributed by atoms with Gasteiger partial charge in [0, 0.05) is 36.6 Å². The molecule has 3 nitrogen and oxygen atoms in total. The third-order valence-corrected chi connectivity index (χ3v) is 3.68. The first-order valence-corrected chi connectivity index (χ1v) is 6.71. The number of nitrogens with zero attached hydrogens (tertiary/aromatic N) is 2. The minimum Gasteiger partial charge on any atom is -0.366 e. The second-order valence-electron chi connectivity index (χ2n) is 4.37. The van der Waals surface area contributed by atoms with Crippen LogP contribution in [0.25, 0.3) is 10.9 Å². The molecule has 3 rings (SSSR count). The molecule has 2 heterocycles. The first-order valence-electron chi connectivity index (χ1n) is 5.95. The molecule has 0 bridgehead atoms. The van der Waals surface area contributed by atoms with Crippen molar-refractivity contribution in [3.05, 3.63) is 34.4 Å². The Hall–Kier alpha value is -1.03. The lowest BCUT2D eigenvalue weighted by Crippen LogP contribution is -2.43. The fourth-order valence-corrected chi connectivity index (χ4v) is 2.69. The Morgan fingerprint density at radius 2 is 1.89 bits per heavy atom. The van der Waals surface area contributed by atoms with Gasteiger partial charge in [-0.1, -0.05) is 23.2 Å². The third-order valence-electron chi connectivity index (χ3n) is 3.17. The standard InChI is InChI=1S/C13H13Cl2N3/c14-10-1-2-11-9(7-10)8-12(13(15)17-11)18-5-3-16-4-6-18/h1-2,7-8,16H,3-6H2. The Morgan fingerprint density at radius 3 is 2.67 bits per heavy atom. The van der Waals surface area contributed by atoms with Gasteiger partial charge in [0.1, 0.15) is 0 Å². The molecule has 5 heteroatoms. The number of pyridine rings is 1. The largest absolute Gasteiger partial charge is 0.366 e. The monoisotopic (exact) mass is 281 g/mol. The van der Waals surface area contributed by atoms with Gasteiger partial charge >= 0.3 is 0 Å². The number of anilines is 1. The van der Waals surface area contributed by atoms with Crippen molar-refractivity contribution in [1.29, 1.82) is 0 Å². The number of benzene rings is 1. The lowest BCUT2D eigenvalue weighted by atomic mass is 10.2. The zero-order chi connectivity index (χ0) is 12.5. The molecule has 1 aliphatic heterocycles. The molecule has 1 aromatic carbocycles. The number of aromatic nitrogens is 1. The molecule has 0 atom stereocenters. The number of hydrogen-bond donors (Lipinski definition) is 1. The van der Waals surface area contributed by atoms with Crippen LogP contribution in [-0.4, -0.2) is 31.2 Å². The first-order chi connectivity index (χ1) is 8.74. The van der Waals surface area contributed by atoms with Crippen LogP contribution in [0.3, 0.4) is 0 Å². The number of rotatable bonds is 1. The summed E-state index contributed by atoms with van der Waals surface area (Å²) >= 11 is 12.3. The Kier molecular flexibility index (Phi) is 3.29. The van der Waals surface area contributed by atoms with Crippen molar-refractivity contribution in [2.45, 2.75) is 0 Å². The maximum absolute atomic E-state index is 6.27. The third kappa shape index (κ3) is 2.26. The van der Waals surface area contributed by atoms with Crippen LogP contribution in [0.4, 0.5) is 5.69 Å². The van der Waals surface area contributed by atoms with E-state index < -0.39 is 0 Å². The number of piperazine rings is 1. The van der Waals surface area contributed by atoms with Gasteiger partial charge < -0.3 is 10.2 Å². The predicted octanol–water partition coefficient (Wildman–Crippen LogP) is 2.95. The molecular weight excluding hydrogens is 269 g/mol. The van der Waals surface area contributed by atoms with Gasteiger partial charge in [-0.15, -0.1) is 0 Å². The van der Waals surface area contributed by atoms with Gasteiger partial charge in [0.15, 0.2) is 5.15 Å². The van der Waals surface area contributed by atoms with E-state index in [4.69, 9.17) is 23.2 Å². The van der Waals surface area contributed by atoms with Gasteiger partial charge in [-0.2, -0.15) is 0 Å². The van der Waals surface area contributed by atoms with Crippen molar-refractivity contribution in [2.24, 2.45) is 0 Å². The van der Waals surface area contributed by atoms with Crippen LogP contribution < -0.4 is 10.2 Å². The van der Waals surface area contributed by atoms with E-state index >= 15 is 0 Å². The molecule has 0 saturated carbocycles. The number of fused-ring (bicyclic) bond motifs is 1. The molecule has 0 radical (unpaired) electrons. The van der Waals surface area contributed by atoms with E-state index in [0.29, 0.717) is 5.15 Å². The topological polar surface area (TPSA) is 28.2 Å². The molecule has 94 valence electrons. The lowest BCUT2D eigenvalue weighted by Gasteiger charge is -2.29. The van der Waals surface area contributed by atoms with Crippen molar-refractivity contribution in [3.63, 3.8) is 0 Å². The van der Waals surface area contributed by atoms with Gasteiger partial charge in [-0.3, -0.25) is 0 Å².